The fourth-order valence-electron chi connectivity index (χ4n) is 1.40. The van der Waals surface area contributed by atoms with Gasteiger partial charge in [-0.05, 0) is 30.7 Å². The van der Waals surface area contributed by atoms with Crippen LogP contribution in [-0.2, 0) is 9.59 Å². The molecule has 0 unspecified atom stereocenters. The number of rotatable bonds is 8. The molecular weight excluding hydrogens is 264 g/mol. The van der Waals surface area contributed by atoms with Crippen molar-refractivity contribution in [3.05, 3.63) is 29.8 Å². The van der Waals surface area contributed by atoms with Gasteiger partial charge in [0.25, 0.3) is 11.8 Å². The Balaban J connectivity index is 2.41. The van der Waals surface area contributed by atoms with Crippen molar-refractivity contribution in [2.24, 2.45) is 5.73 Å². The molecule has 0 radical (unpaired) electrons. The molecule has 0 atom stereocenters. The average Bonchev–Trinajstić information content (AvgIpc) is 2.41. The lowest BCUT2D eigenvalue weighted by atomic mass is 10.2. The molecule has 1 aromatic carbocycles. The first kappa shape index (κ1) is 15.5. The molecule has 0 aromatic heterocycles. The van der Waals surface area contributed by atoms with Crippen molar-refractivity contribution in [2.45, 2.75) is 12.8 Å². The summed E-state index contributed by atoms with van der Waals surface area (Å²) in [5, 5.41) is 11.1. The molecule has 0 heterocycles. The topological polar surface area (TPSA) is 119 Å². The fraction of sp³-hybridized carbons (Fsp3) is 0.308. The third-order valence-electron chi connectivity index (χ3n) is 2.35. The molecule has 108 valence electrons. The van der Waals surface area contributed by atoms with Crippen LogP contribution in [-0.4, -0.2) is 36.0 Å². The molecule has 7 heteroatoms. The fourth-order valence-corrected chi connectivity index (χ4v) is 1.40. The Morgan fingerprint density at radius 1 is 1.20 bits per heavy atom. The lowest BCUT2D eigenvalue weighted by molar-refractivity contribution is -0.137. The number of amides is 2. The van der Waals surface area contributed by atoms with Gasteiger partial charge in [0.15, 0.2) is 6.61 Å². The normalized spacial score (nSPS) is 9.80. The SMILES string of the molecule is NC(=O)COc1ccc(C(=O)NCCCC(=O)O)cc1. The molecule has 0 spiro atoms. The number of hydrogen-bond donors (Lipinski definition) is 3. The molecule has 0 saturated carbocycles. The predicted octanol–water partition coefficient (Wildman–Crippen LogP) is 0.145. The van der Waals surface area contributed by atoms with Crippen molar-refractivity contribution < 1.29 is 24.2 Å². The van der Waals surface area contributed by atoms with Crippen molar-refractivity contribution in [1.29, 1.82) is 0 Å². The van der Waals surface area contributed by atoms with Crippen LogP contribution in [0, 0.1) is 0 Å². The maximum atomic E-state index is 11.7. The Morgan fingerprint density at radius 3 is 2.40 bits per heavy atom. The number of nitrogens with two attached hydrogens (primary N) is 1. The van der Waals surface area contributed by atoms with E-state index in [1.165, 1.54) is 0 Å². The number of nitrogens with one attached hydrogen (secondary N) is 1. The van der Waals surface area contributed by atoms with Crippen molar-refractivity contribution in [3.63, 3.8) is 0 Å². The van der Waals surface area contributed by atoms with Gasteiger partial charge >= 0.3 is 5.97 Å². The lowest BCUT2D eigenvalue weighted by Crippen LogP contribution is -2.24. The van der Waals surface area contributed by atoms with Crippen LogP contribution in [0.2, 0.25) is 0 Å². The minimum Gasteiger partial charge on any atom is -0.484 e. The molecule has 0 fully saturated rings. The smallest absolute Gasteiger partial charge is 0.303 e. The number of ether oxygens (including phenoxy) is 1. The number of primary amides is 1. The quantitative estimate of drug-likeness (QED) is 0.585. The largest absolute Gasteiger partial charge is 0.484 e. The second-order valence-corrected chi connectivity index (χ2v) is 4.03. The van der Waals surface area contributed by atoms with Gasteiger partial charge in [-0.25, -0.2) is 0 Å². The minimum atomic E-state index is -0.893. The first-order valence-corrected chi connectivity index (χ1v) is 6.00. The number of carbonyl (C=O) groups excluding carboxylic acids is 2. The van der Waals surface area contributed by atoms with Crippen LogP contribution < -0.4 is 15.8 Å². The molecule has 2 amide bonds. The van der Waals surface area contributed by atoms with E-state index >= 15 is 0 Å². The summed E-state index contributed by atoms with van der Waals surface area (Å²) in [4.78, 5) is 32.5. The van der Waals surface area contributed by atoms with Gasteiger partial charge in [-0.1, -0.05) is 0 Å². The second-order valence-electron chi connectivity index (χ2n) is 4.03. The summed E-state index contributed by atoms with van der Waals surface area (Å²) in [5.74, 6) is -1.33. The summed E-state index contributed by atoms with van der Waals surface area (Å²) in [7, 11) is 0. The molecule has 1 rings (SSSR count). The van der Waals surface area contributed by atoms with E-state index in [1.54, 1.807) is 24.3 Å². The molecule has 4 N–H and O–H groups in total. The van der Waals surface area contributed by atoms with Crippen LogP contribution >= 0.6 is 0 Å². The predicted molar refractivity (Wildman–Crippen MR) is 70.3 cm³/mol. The van der Waals surface area contributed by atoms with Gasteiger partial charge in [-0.2, -0.15) is 0 Å². The highest BCUT2D eigenvalue weighted by atomic mass is 16.5. The molecule has 20 heavy (non-hydrogen) atoms. The van der Waals surface area contributed by atoms with Crippen molar-refractivity contribution >= 4 is 17.8 Å². The zero-order valence-corrected chi connectivity index (χ0v) is 10.8. The first-order chi connectivity index (χ1) is 9.49. The number of carboxylic acid groups (broad SMARTS) is 1. The molecule has 0 aliphatic heterocycles. The van der Waals surface area contributed by atoms with E-state index in [1.807, 2.05) is 0 Å². The van der Waals surface area contributed by atoms with Gasteiger partial charge in [0.1, 0.15) is 5.75 Å². The van der Waals surface area contributed by atoms with E-state index in [0.717, 1.165) is 0 Å². The molecular formula is C13H16N2O5. The number of benzene rings is 1. The Labute approximate surface area is 115 Å². The Bertz CT molecular complexity index is 484. The van der Waals surface area contributed by atoms with Gasteiger partial charge in [-0.15, -0.1) is 0 Å². The molecule has 0 bridgehead atoms. The zero-order valence-electron chi connectivity index (χ0n) is 10.8. The minimum absolute atomic E-state index is 0.0141. The third kappa shape index (κ3) is 5.85. The van der Waals surface area contributed by atoms with Crippen molar-refractivity contribution in [2.75, 3.05) is 13.2 Å². The van der Waals surface area contributed by atoms with Crippen molar-refractivity contribution in [3.8, 4) is 5.75 Å². The Kier molecular flexibility index (Phi) is 6.02. The van der Waals surface area contributed by atoms with Crippen LogP contribution in [0.15, 0.2) is 24.3 Å². The number of carboxylic acids is 1. The average molecular weight is 280 g/mol. The Morgan fingerprint density at radius 2 is 1.85 bits per heavy atom. The number of aliphatic carboxylic acids is 1. The van der Waals surface area contributed by atoms with E-state index in [2.05, 4.69) is 5.32 Å². The zero-order chi connectivity index (χ0) is 15.0. The molecule has 0 saturated heterocycles. The van der Waals surface area contributed by atoms with Crippen LogP contribution in [0.1, 0.15) is 23.2 Å². The summed E-state index contributed by atoms with van der Waals surface area (Å²) in [5.41, 5.74) is 5.36. The molecule has 1 aromatic rings. The lowest BCUT2D eigenvalue weighted by Gasteiger charge is -2.06. The van der Waals surface area contributed by atoms with E-state index in [-0.39, 0.29) is 18.9 Å². The van der Waals surface area contributed by atoms with E-state index < -0.39 is 11.9 Å². The van der Waals surface area contributed by atoms with Gasteiger partial charge in [0.05, 0.1) is 0 Å². The number of carbonyl (C=O) groups is 3. The highest BCUT2D eigenvalue weighted by molar-refractivity contribution is 5.94. The summed E-state index contributed by atoms with van der Waals surface area (Å²) in [6, 6.07) is 6.19. The van der Waals surface area contributed by atoms with Crippen LogP contribution in [0.3, 0.4) is 0 Å². The van der Waals surface area contributed by atoms with E-state index in [4.69, 9.17) is 15.6 Å². The van der Waals surface area contributed by atoms with Gasteiger partial charge in [-0.3, -0.25) is 14.4 Å². The summed E-state index contributed by atoms with van der Waals surface area (Å²) < 4.78 is 5.06. The van der Waals surface area contributed by atoms with E-state index in [9.17, 15) is 14.4 Å². The maximum absolute atomic E-state index is 11.7. The number of hydrogen-bond acceptors (Lipinski definition) is 4. The van der Waals surface area contributed by atoms with Gasteiger partial charge in [0.2, 0.25) is 0 Å². The van der Waals surface area contributed by atoms with Gasteiger partial charge in [0, 0.05) is 18.5 Å². The molecule has 0 aliphatic carbocycles. The third-order valence-corrected chi connectivity index (χ3v) is 2.35. The second kappa shape index (κ2) is 7.78. The van der Waals surface area contributed by atoms with E-state index in [0.29, 0.717) is 24.3 Å². The monoisotopic (exact) mass is 280 g/mol. The van der Waals surface area contributed by atoms with Crippen molar-refractivity contribution in [1.82, 2.24) is 5.32 Å². The molecule has 7 nitrogen and oxygen atoms in total. The summed E-state index contributed by atoms with van der Waals surface area (Å²) in [6.45, 7) is 0.0752. The Hall–Kier alpha value is -2.57. The highest BCUT2D eigenvalue weighted by Gasteiger charge is 2.06. The van der Waals surface area contributed by atoms with Crippen LogP contribution in [0.4, 0.5) is 0 Å². The summed E-state index contributed by atoms with van der Waals surface area (Å²) in [6.07, 6.45) is 0.390. The molecule has 0 aliphatic rings. The summed E-state index contributed by atoms with van der Waals surface area (Å²) >= 11 is 0. The maximum Gasteiger partial charge on any atom is 0.303 e. The first-order valence-electron chi connectivity index (χ1n) is 6.00. The van der Waals surface area contributed by atoms with Crippen LogP contribution in [0.25, 0.3) is 0 Å². The van der Waals surface area contributed by atoms with Gasteiger partial charge < -0.3 is 20.9 Å². The van der Waals surface area contributed by atoms with Crippen LogP contribution in [0.5, 0.6) is 5.75 Å². The standard InChI is InChI=1S/C13H16N2O5/c14-11(16)8-20-10-5-3-9(4-6-10)13(19)15-7-1-2-12(17)18/h3-6H,1-2,7-8H2,(H2,14,16)(H,15,19)(H,17,18). The highest BCUT2D eigenvalue weighted by Crippen LogP contribution is 2.11.